The van der Waals surface area contributed by atoms with E-state index in [0.717, 1.165) is 10.7 Å². The summed E-state index contributed by atoms with van der Waals surface area (Å²) in [5.74, 6) is 0. The van der Waals surface area contributed by atoms with Gasteiger partial charge in [-0.25, -0.2) is 13.4 Å². The highest BCUT2D eigenvalue weighted by molar-refractivity contribution is 7.89. The number of aromatic nitrogens is 2. The molecule has 0 aliphatic carbocycles. The molecule has 0 unspecified atom stereocenters. The number of hydrogen-bond donors (Lipinski definition) is 0. The first-order valence-corrected chi connectivity index (χ1v) is 8.69. The topological polar surface area (TPSA) is 63.2 Å². The third-order valence-electron chi connectivity index (χ3n) is 2.96. The molecule has 2 heterocycles. The van der Waals surface area contributed by atoms with Gasteiger partial charge in [0.2, 0.25) is 10.0 Å². The van der Waals surface area contributed by atoms with Crippen LogP contribution in [-0.2, 0) is 10.0 Å². The minimum absolute atomic E-state index is 0.219. The van der Waals surface area contributed by atoms with Gasteiger partial charge in [0, 0.05) is 24.7 Å². The number of nitrogens with zero attached hydrogens (tertiary/aromatic N) is 3. The van der Waals surface area contributed by atoms with E-state index < -0.39 is 10.0 Å². The minimum atomic E-state index is -3.44. The number of sulfonamides is 1. The summed E-state index contributed by atoms with van der Waals surface area (Å²) in [6.07, 6.45) is 1.40. The molecule has 0 aliphatic heterocycles. The molecule has 0 aromatic carbocycles. The average molecular weight is 311 g/mol. The molecular weight excluding hydrogens is 294 g/mol. The monoisotopic (exact) mass is 311 g/mol. The predicted octanol–water partition coefficient (Wildman–Crippen LogP) is 2.54. The Morgan fingerprint density at radius 3 is 2.35 bits per heavy atom. The molecule has 5 nitrogen and oxygen atoms in total. The van der Waals surface area contributed by atoms with Crippen molar-refractivity contribution >= 4 is 21.4 Å². The quantitative estimate of drug-likeness (QED) is 0.851. The second kappa shape index (κ2) is 5.99. The lowest BCUT2D eigenvalue weighted by atomic mass is 10.3. The number of pyridine rings is 1. The molecule has 0 spiro atoms. The normalized spacial score (nSPS) is 12.0. The molecule has 0 N–H and O–H groups in total. The molecule has 0 amide bonds. The fraction of sp³-hybridized carbons (Fsp3) is 0.385. The van der Waals surface area contributed by atoms with Crippen molar-refractivity contribution in [2.75, 3.05) is 13.1 Å². The van der Waals surface area contributed by atoms with Crippen molar-refractivity contribution in [1.29, 1.82) is 0 Å². The molecule has 7 heteroatoms. The molecule has 0 bridgehead atoms. The highest BCUT2D eigenvalue weighted by Gasteiger charge is 2.21. The van der Waals surface area contributed by atoms with Crippen LogP contribution in [0.4, 0.5) is 0 Å². The summed E-state index contributed by atoms with van der Waals surface area (Å²) in [4.78, 5) is 8.77. The van der Waals surface area contributed by atoms with Crippen LogP contribution >= 0.6 is 11.3 Å². The molecule has 108 valence electrons. The van der Waals surface area contributed by atoms with Crippen molar-refractivity contribution in [1.82, 2.24) is 14.3 Å². The molecular formula is C13H17N3O2S2. The van der Waals surface area contributed by atoms with E-state index in [1.54, 1.807) is 23.5 Å². The third kappa shape index (κ3) is 2.89. The van der Waals surface area contributed by atoms with Crippen LogP contribution in [0.1, 0.15) is 18.9 Å². The molecule has 0 saturated carbocycles. The van der Waals surface area contributed by atoms with E-state index in [-0.39, 0.29) is 4.90 Å². The lowest BCUT2D eigenvalue weighted by Gasteiger charge is -2.18. The van der Waals surface area contributed by atoms with Gasteiger partial charge in [0.1, 0.15) is 4.90 Å². The lowest BCUT2D eigenvalue weighted by molar-refractivity contribution is 0.445. The number of aryl methyl sites for hydroxylation is 1. The molecule has 0 atom stereocenters. The molecule has 2 aromatic heterocycles. The van der Waals surface area contributed by atoms with Crippen LogP contribution in [0.3, 0.4) is 0 Å². The Balaban J connectivity index is 2.33. The van der Waals surface area contributed by atoms with Gasteiger partial charge in [0.25, 0.3) is 0 Å². The van der Waals surface area contributed by atoms with Gasteiger partial charge in [0.05, 0.1) is 16.4 Å². The Labute approximate surface area is 123 Å². The summed E-state index contributed by atoms with van der Waals surface area (Å²) in [6, 6.07) is 3.29. The fourth-order valence-corrected chi connectivity index (χ4v) is 3.89. The first kappa shape index (κ1) is 15.1. The second-order valence-electron chi connectivity index (χ2n) is 4.22. The van der Waals surface area contributed by atoms with Crippen LogP contribution in [0.25, 0.3) is 11.4 Å². The van der Waals surface area contributed by atoms with Crippen molar-refractivity contribution in [3.05, 3.63) is 28.7 Å². The number of rotatable bonds is 5. The van der Waals surface area contributed by atoms with Gasteiger partial charge in [-0.1, -0.05) is 13.8 Å². The van der Waals surface area contributed by atoms with Crippen molar-refractivity contribution in [2.24, 2.45) is 0 Å². The van der Waals surface area contributed by atoms with Crippen molar-refractivity contribution in [3.8, 4) is 11.4 Å². The van der Waals surface area contributed by atoms with Crippen LogP contribution in [0, 0.1) is 6.92 Å². The first-order valence-electron chi connectivity index (χ1n) is 6.37. The summed E-state index contributed by atoms with van der Waals surface area (Å²) in [5.41, 5.74) is 1.46. The Morgan fingerprint density at radius 1 is 1.20 bits per heavy atom. The van der Waals surface area contributed by atoms with E-state index in [1.165, 1.54) is 10.5 Å². The van der Waals surface area contributed by atoms with E-state index in [1.807, 2.05) is 26.2 Å². The highest BCUT2D eigenvalue weighted by Crippen LogP contribution is 2.21. The number of thiazole rings is 1. The largest absolute Gasteiger partial charge is 0.253 e. The Kier molecular flexibility index (Phi) is 4.52. The van der Waals surface area contributed by atoms with Crippen LogP contribution in [0.15, 0.2) is 28.6 Å². The van der Waals surface area contributed by atoms with E-state index in [0.29, 0.717) is 18.8 Å². The van der Waals surface area contributed by atoms with E-state index in [2.05, 4.69) is 9.97 Å². The average Bonchev–Trinajstić information content (AvgIpc) is 2.87. The second-order valence-corrected chi connectivity index (χ2v) is 7.22. The van der Waals surface area contributed by atoms with Crippen LogP contribution in [-0.4, -0.2) is 35.8 Å². The molecule has 2 rings (SSSR count). The standard InChI is InChI=1S/C13H17N3O2S2/c1-4-16(5-2)20(17,18)11-6-7-12(14-8-11)13-9-19-10(3)15-13/h6-9H,4-5H2,1-3H3. The van der Waals surface area contributed by atoms with Gasteiger partial charge in [0.15, 0.2) is 0 Å². The maximum absolute atomic E-state index is 12.3. The van der Waals surface area contributed by atoms with Crippen LogP contribution in [0.2, 0.25) is 0 Å². The van der Waals surface area contributed by atoms with E-state index >= 15 is 0 Å². The van der Waals surface area contributed by atoms with Crippen LogP contribution < -0.4 is 0 Å². The summed E-state index contributed by atoms with van der Waals surface area (Å²) in [6.45, 7) is 6.47. The van der Waals surface area contributed by atoms with Gasteiger partial charge in [-0.2, -0.15) is 4.31 Å². The molecule has 0 aliphatic rings. The van der Waals surface area contributed by atoms with Gasteiger partial charge < -0.3 is 0 Å². The smallest absolute Gasteiger partial charge is 0.244 e. The van der Waals surface area contributed by atoms with Crippen LogP contribution in [0.5, 0.6) is 0 Å². The van der Waals surface area contributed by atoms with E-state index in [9.17, 15) is 8.42 Å². The zero-order valence-corrected chi connectivity index (χ0v) is 13.3. The SMILES string of the molecule is CCN(CC)S(=O)(=O)c1ccc(-c2csc(C)n2)nc1. The van der Waals surface area contributed by atoms with Gasteiger partial charge in [-0.15, -0.1) is 11.3 Å². The predicted molar refractivity (Wildman–Crippen MR) is 80.2 cm³/mol. The van der Waals surface area contributed by atoms with Gasteiger partial charge in [-0.3, -0.25) is 4.98 Å². The van der Waals surface area contributed by atoms with Crippen molar-refractivity contribution in [3.63, 3.8) is 0 Å². The summed E-state index contributed by atoms with van der Waals surface area (Å²) in [7, 11) is -3.44. The van der Waals surface area contributed by atoms with Crippen molar-refractivity contribution < 1.29 is 8.42 Å². The highest BCUT2D eigenvalue weighted by atomic mass is 32.2. The zero-order valence-electron chi connectivity index (χ0n) is 11.7. The maximum Gasteiger partial charge on any atom is 0.244 e. The zero-order chi connectivity index (χ0) is 14.8. The van der Waals surface area contributed by atoms with E-state index in [4.69, 9.17) is 0 Å². The third-order valence-corrected chi connectivity index (χ3v) is 5.77. The Bertz CT molecular complexity index is 674. The summed E-state index contributed by atoms with van der Waals surface area (Å²) in [5, 5.41) is 2.87. The Hall–Kier alpha value is -1.31. The Morgan fingerprint density at radius 2 is 1.90 bits per heavy atom. The van der Waals surface area contributed by atoms with Gasteiger partial charge in [-0.05, 0) is 19.1 Å². The molecule has 0 fully saturated rings. The first-order chi connectivity index (χ1) is 9.48. The molecule has 2 aromatic rings. The minimum Gasteiger partial charge on any atom is -0.253 e. The van der Waals surface area contributed by atoms with Crippen molar-refractivity contribution in [2.45, 2.75) is 25.7 Å². The molecule has 0 saturated heterocycles. The summed E-state index contributed by atoms with van der Waals surface area (Å²) < 4.78 is 26.1. The van der Waals surface area contributed by atoms with Gasteiger partial charge >= 0.3 is 0 Å². The summed E-state index contributed by atoms with van der Waals surface area (Å²) >= 11 is 1.54. The maximum atomic E-state index is 12.3. The fourth-order valence-electron chi connectivity index (χ4n) is 1.88. The lowest BCUT2D eigenvalue weighted by Crippen LogP contribution is -2.30. The molecule has 20 heavy (non-hydrogen) atoms. The number of hydrogen-bond acceptors (Lipinski definition) is 5. The molecule has 0 radical (unpaired) electrons.